The Balaban J connectivity index is 1.57. The summed E-state index contributed by atoms with van der Waals surface area (Å²) in [6, 6.07) is 19.8. The number of Topliss-reactive ketones (excluding diaryl/α,β-unsaturated/α-hetero) is 1. The van der Waals surface area contributed by atoms with Crippen molar-refractivity contribution in [2.24, 2.45) is 0 Å². The quantitative estimate of drug-likeness (QED) is 0.466. The largest absolute Gasteiger partial charge is 0.493 e. The number of benzene rings is 3. The molecule has 5 rings (SSSR count). The first-order valence-corrected chi connectivity index (χ1v) is 11.8. The zero-order chi connectivity index (χ0) is 24.4. The first kappa shape index (κ1) is 22.8. The molecular formula is C29H29NO5. The number of hydrogen-bond donors (Lipinski definition) is 1. The van der Waals surface area contributed by atoms with Gasteiger partial charge in [-0.3, -0.25) is 4.79 Å². The van der Waals surface area contributed by atoms with Crippen LogP contribution >= 0.6 is 0 Å². The molecule has 3 aromatic carbocycles. The topological polar surface area (TPSA) is 66.0 Å². The molecule has 35 heavy (non-hydrogen) atoms. The maximum absolute atomic E-state index is 13.2. The first-order valence-electron chi connectivity index (χ1n) is 11.8. The average molecular weight is 472 g/mol. The summed E-state index contributed by atoms with van der Waals surface area (Å²) >= 11 is 0. The van der Waals surface area contributed by atoms with Crippen molar-refractivity contribution < 1.29 is 23.7 Å². The number of rotatable bonds is 7. The van der Waals surface area contributed by atoms with E-state index < -0.39 is 0 Å². The summed E-state index contributed by atoms with van der Waals surface area (Å²) in [6.45, 7) is 0.442. The fourth-order valence-electron chi connectivity index (χ4n) is 4.95. The molecule has 1 aliphatic carbocycles. The smallest absolute Gasteiger partial charge is 0.162 e. The standard InChI is InChI=1S/C29H29NO5/c1-32-25-14-19(12-13-24(25)35-17-18-8-5-4-6-9-18)28-20-15-26(33-2)27(34-3)16-22(20)30-21-10-7-11-23(31)29(21)28/h4-6,8-9,12-16,28,30H,7,10-11,17H2,1-3H3/t28-/m1/s1. The molecule has 1 aliphatic heterocycles. The van der Waals surface area contributed by atoms with Crippen LogP contribution in [0.1, 0.15) is 41.9 Å². The van der Waals surface area contributed by atoms with E-state index in [0.717, 1.165) is 46.5 Å². The van der Waals surface area contributed by atoms with Crippen LogP contribution in [0, 0.1) is 0 Å². The molecular weight excluding hydrogens is 442 g/mol. The first-order chi connectivity index (χ1) is 17.1. The van der Waals surface area contributed by atoms with Crippen molar-refractivity contribution in [3.8, 4) is 23.0 Å². The van der Waals surface area contributed by atoms with Crippen LogP contribution in [0.25, 0.3) is 0 Å². The Labute approximate surface area is 205 Å². The van der Waals surface area contributed by atoms with Crippen LogP contribution < -0.4 is 24.3 Å². The third-order valence-electron chi connectivity index (χ3n) is 6.66. The second kappa shape index (κ2) is 9.74. The molecule has 0 unspecified atom stereocenters. The highest BCUT2D eigenvalue weighted by Crippen LogP contribution is 2.49. The number of carbonyl (C=O) groups is 1. The molecule has 0 spiro atoms. The molecule has 3 aromatic rings. The number of fused-ring (bicyclic) bond motifs is 1. The number of anilines is 1. The molecule has 0 radical (unpaired) electrons. The van der Waals surface area contributed by atoms with Gasteiger partial charge >= 0.3 is 0 Å². The van der Waals surface area contributed by atoms with E-state index in [0.29, 0.717) is 36.0 Å². The molecule has 1 N–H and O–H groups in total. The molecule has 6 nitrogen and oxygen atoms in total. The fourth-order valence-corrected chi connectivity index (χ4v) is 4.95. The predicted molar refractivity (Wildman–Crippen MR) is 135 cm³/mol. The van der Waals surface area contributed by atoms with Gasteiger partial charge in [-0.05, 0) is 47.7 Å². The van der Waals surface area contributed by atoms with Crippen LogP contribution in [-0.4, -0.2) is 27.1 Å². The Morgan fingerprint density at radius 3 is 2.29 bits per heavy atom. The number of allylic oxidation sites excluding steroid dienone is 2. The van der Waals surface area contributed by atoms with Gasteiger partial charge in [0.25, 0.3) is 0 Å². The van der Waals surface area contributed by atoms with Gasteiger partial charge in [0.15, 0.2) is 28.8 Å². The second-order valence-electron chi connectivity index (χ2n) is 8.71. The van der Waals surface area contributed by atoms with Crippen molar-refractivity contribution in [1.82, 2.24) is 0 Å². The Kier molecular flexibility index (Phi) is 6.36. The Bertz CT molecular complexity index is 1280. The van der Waals surface area contributed by atoms with Crippen molar-refractivity contribution in [3.05, 3.63) is 88.6 Å². The molecule has 180 valence electrons. The zero-order valence-corrected chi connectivity index (χ0v) is 20.2. The van der Waals surface area contributed by atoms with Crippen LogP contribution in [0.15, 0.2) is 71.9 Å². The van der Waals surface area contributed by atoms with Crippen molar-refractivity contribution in [2.75, 3.05) is 26.6 Å². The number of nitrogens with one attached hydrogen (secondary N) is 1. The maximum Gasteiger partial charge on any atom is 0.162 e. The second-order valence-corrected chi connectivity index (χ2v) is 8.71. The molecule has 6 heteroatoms. The van der Waals surface area contributed by atoms with Gasteiger partial charge in [0.2, 0.25) is 0 Å². The third kappa shape index (κ3) is 4.32. The van der Waals surface area contributed by atoms with Crippen LogP contribution in [0.5, 0.6) is 23.0 Å². The lowest BCUT2D eigenvalue weighted by Gasteiger charge is -2.34. The van der Waals surface area contributed by atoms with E-state index in [-0.39, 0.29) is 11.7 Å². The molecule has 0 saturated carbocycles. The van der Waals surface area contributed by atoms with Crippen molar-refractivity contribution in [1.29, 1.82) is 0 Å². The van der Waals surface area contributed by atoms with Crippen LogP contribution in [0.3, 0.4) is 0 Å². The molecule has 1 heterocycles. The summed E-state index contributed by atoms with van der Waals surface area (Å²) in [6.07, 6.45) is 2.23. The maximum atomic E-state index is 13.2. The van der Waals surface area contributed by atoms with E-state index in [4.69, 9.17) is 18.9 Å². The Morgan fingerprint density at radius 1 is 0.829 bits per heavy atom. The number of ketones is 1. The number of ether oxygens (including phenoxy) is 4. The van der Waals surface area contributed by atoms with Crippen LogP contribution in [0.2, 0.25) is 0 Å². The van der Waals surface area contributed by atoms with Crippen molar-refractivity contribution >= 4 is 11.5 Å². The predicted octanol–water partition coefficient (Wildman–Crippen LogP) is 5.86. The number of hydrogen-bond acceptors (Lipinski definition) is 6. The number of carbonyl (C=O) groups excluding carboxylic acids is 1. The van der Waals surface area contributed by atoms with Crippen LogP contribution in [0.4, 0.5) is 5.69 Å². The van der Waals surface area contributed by atoms with E-state index in [1.165, 1.54) is 0 Å². The minimum atomic E-state index is -0.245. The lowest BCUT2D eigenvalue weighted by atomic mass is 9.75. The summed E-state index contributed by atoms with van der Waals surface area (Å²) in [4.78, 5) is 13.2. The minimum absolute atomic E-state index is 0.174. The van der Waals surface area contributed by atoms with Gasteiger partial charge in [0, 0.05) is 35.4 Å². The highest BCUT2D eigenvalue weighted by atomic mass is 16.5. The van der Waals surface area contributed by atoms with Crippen molar-refractivity contribution in [3.63, 3.8) is 0 Å². The molecule has 1 atom stereocenters. The summed E-state index contributed by atoms with van der Waals surface area (Å²) in [5.74, 6) is 2.49. The van der Waals surface area contributed by atoms with E-state index in [9.17, 15) is 4.79 Å². The van der Waals surface area contributed by atoms with E-state index in [1.807, 2.05) is 60.7 Å². The Hall–Kier alpha value is -3.93. The summed E-state index contributed by atoms with van der Waals surface area (Å²) < 4.78 is 22.9. The number of methoxy groups -OCH3 is 3. The zero-order valence-electron chi connectivity index (χ0n) is 20.2. The lowest BCUT2D eigenvalue weighted by molar-refractivity contribution is -0.116. The van der Waals surface area contributed by atoms with E-state index >= 15 is 0 Å². The van der Waals surface area contributed by atoms with Gasteiger partial charge in [-0.1, -0.05) is 36.4 Å². The van der Waals surface area contributed by atoms with Gasteiger partial charge in [-0.25, -0.2) is 0 Å². The van der Waals surface area contributed by atoms with Gasteiger partial charge in [0.1, 0.15) is 6.61 Å². The van der Waals surface area contributed by atoms with Crippen molar-refractivity contribution in [2.45, 2.75) is 31.8 Å². The molecule has 0 bridgehead atoms. The summed E-state index contributed by atoms with van der Waals surface area (Å²) in [5.41, 5.74) is 5.73. The van der Waals surface area contributed by atoms with Gasteiger partial charge < -0.3 is 24.3 Å². The van der Waals surface area contributed by atoms with Crippen LogP contribution in [-0.2, 0) is 11.4 Å². The minimum Gasteiger partial charge on any atom is -0.493 e. The van der Waals surface area contributed by atoms with Gasteiger partial charge in [0.05, 0.1) is 21.3 Å². The average Bonchev–Trinajstić information content (AvgIpc) is 2.90. The molecule has 0 fully saturated rings. The molecule has 2 aliphatic rings. The lowest BCUT2D eigenvalue weighted by Crippen LogP contribution is -2.27. The fraction of sp³-hybridized carbons (Fsp3) is 0.276. The SMILES string of the molecule is COc1cc2c(cc1OC)[C@@H](c1ccc(OCc3ccccc3)c(OC)c1)C1=C(CCCC1=O)N2. The molecule has 0 amide bonds. The van der Waals surface area contributed by atoms with E-state index in [2.05, 4.69) is 5.32 Å². The highest BCUT2D eigenvalue weighted by Gasteiger charge is 2.36. The highest BCUT2D eigenvalue weighted by molar-refractivity contribution is 6.01. The summed E-state index contributed by atoms with van der Waals surface area (Å²) in [5, 5.41) is 3.50. The summed E-state index contributed by atoms with van der Waals surface area (Å²) in [7, 11) is 4.88. The van der Waals surface area contributed by atoms with E-state index in [1.54, 1.807) is 21.3 Å². The monoisotopic (exact) mass is 471 g/mol. The normalized spacial score (nSPS) is 16.7. The molecule has 0 aromatic heterocycles. The Morgan fingerprint density at radius 2 is 1.54 bits per heavy atom. The van der Waals surface area contributed by atoms with Gasteiger partial charge in [-0.15, -0.1) is 0 Å². The molecule has 0 saturated heterocycles. The van der Waals surface area contributed by atoms with Gasteiger partial charge in [-0.2, -0.15) is 0 Å². The third-order valence-corrected chi connectivity index (χ3v) is 6.66.